The largest absolute Gasteiger partial charge is 0.325 e. The maximum Gasteiger partial charge on any atom is 0.227 e. The Balaban J connectivity index is 1.98. The molecule has 0 spiro atoms. The van der Waals surface area contributed by atoms with Gasteiger partial charge in [0.05, 0.1) is 6.20 Å². The molecule has 1 saturated carbocycles. The minimum atomic E-state index is -0.320. The second-order valence-corrected chi connectivity index (χ2v) is 5.84. The smallest absolute Gasteiger partial charge is 0.227 e. The van der Waals surface area contributed by atoms with Crippen LogP contribution in [0, 0.1) is 0 Å². The Labute approximate surface area is 116 Å². The SMILES string of the molecule is NC1(CC(=O)Nc2ncc(Br)nc2Br)CCC1. The number of nitrogens with zero attached hydrogens (tertiary/aromatic N) is 2. The van der Waals surface area contributed by atoms with Crippen LogP contribution in [-0.4, -0.2) is 21.4 Å². The number of carbonyl (C=O) groups excluding carboxylic acids is 1. The van der Waals surface area contributed by atoms with Gasteiger partial charge >= 0.3 is 0 Å². The van der Waals surface area contributed by atoms with Crippen LogP contribution in [0.3, 0.4) is 0 Å². The molecule has 1 aromatic heterocycles. The van der Waals surface area contributed by atoms with Gasteiger partial charge < -0.3 is 11.1 Å². The Morgan fingerprint density at radius 2 is 2.24 bits per heavy atom. The fourth-order valence-electron chi connectivity index (χ4n) is 1.73. The van der Waals surface area contributed by atoms with Crippen LogP contribution in [0.1, 0.15) is 25.7 Å². The molecule has 0 bridgehead atoms. The van der Waals surface area contributed by atoms with Crippen molar-refractivity contribution in [2.24, 2.45) is 5.73 Å². The molecule has 1 fully saturated rings. The number of rotatable bonds is 3. The number of aromatic nitrogens is 2. The first-order valence-corrected chi connectivity index (χ1v) is 6.84. The standard InChI is InChI=1S/C10H12Br2N4O/c11-6-5-14-9(8(12)15-6)16-7(17)4-10(13)2-1-3-10/h5H,1-4,13H2,(H,14,16,17). The van der Waals surface area contributed by atoms with Crippen LogP contribution in [-0.2, 0) is 4.79 Å². The summed E-state index contributed by atoms with van der Waals surface area (Å²) in [5.74, 6) is 0.297. The average molecular weight is 364 g/mol. The van der Waals surface area contributed by atoms with Gasteiger partial charge in [0.25, 0.3) is 0 Å². The van der Waals surface area contributed by atoms with E-state index in [1.165, 1.54) is 6.20 Å². The number of hydrogen-bond acceptors (Lipinski definition) is 4. The number of anilines is 1. The first kappa shape index (κ1) is 12.9. The maximum atomic E-state index is 11.8. The predicted octanol–water partition coefficient (Wildman–Crippen LogP) is 2.21. The zero-order valence-electron chi connectivity index (χ0n) is 9.04. The summed E-state index contributed by atoms with van der Waals surface area (Å²) in [6, 6.07) is 0. The summed E-state index contributed by atoms with van der Waals surface area (Å²) < 4.78 is 1.11. The lowest BCUT2D eigenvalue weighted by atomic mass is 9.75. The molecule has 5 nitrogen and oxygen atoms in total. The fraction of sp³-hybridized carbons (Fsp3) is 0.500. The van der Waals surface area contributed by atoms with Crippen molar-refractivity contribution in [3.05, 3.63) is 15.4 Å². The summed E-state index contributed by atoms with van der Waals surface area (Å²) in [7, 11) is 0. The fourth-order valence-corrected chi connectivity index (χ4v) is 2.64. The van der Waals surface area contributed by atoms with Crippen LogP contribution in [0.2, 0.25) is 0 Å². The molecule has 17 heavy (non-hydrogen) atoms. The molecule has 2 rings (SSSR count). The van der Waals surface area contributed by atoms with Crippen LogP contribution < -0.4 is 11.1 Å². The van der Waals surface area contributed by atoms with E-state index in [4.69, 9.17) is 5.73 Å². The molecule has 3 N–H and O–H groups in total. The molecule has 0 radical (unpaired) electrons. The molecule has 0 aromatic carbocycles. The number of nitrogens with one attached hydrogen (secondary N) is 1. The van der Waals surface area contributed by atoms with E-state index in [2.05, 4.69) is 47.1 Å². The van der Waals surface area contributed by atoms with Crippen molar-refractivity contribution in [1.29, 1.82) is 0 Å². The van der Waals surface area contributed by atoms with E-state index in [0.29, 0.717) is 21.4 Å². The van der Waals surface area contributed by atoms with Crippen molar-refractivity contribution in [2.45, 2.75) is 31.2 Å². The third-order valence-electron chi connectivity index (χ3n) is 2.82. The van der Waals surface area contributed by atoms with Crippen molar-refractivity contribution in [1.82, 2.24) is 9.97 Å². The van der Waals surface area contributed by atoms with Gasteiger partial charge in [0.2, 0.25) is 5.91 Å². The summed E-state index contributed by atoms with van der Waals surface area (Å²) in [5.41, 5.74) is 5.68. The Morgan fingerprint density at radius 1 is 1.53 bits per heavy atom. The van der Waals surface area contributed by atoms with Gasteiger partial charge in [0.1, 0.15) is 9.21 Å². The van der Waals surface area contributed by atoms with E-state index in [1.807, 2.05) is 0 Å². The highest BCUT2D eigenvalue weighted by Crippen LogP contribution is 2.32. The highest BCUT2D eigenvalue weighted by Gasteiger charge is 2.34. The Hall–Kier alpha value is -0.530. The highest BCUT2D eigenvalue weighted by atomic mass is 79.9. The molecular weight excluding hydrogens is 352 g/mol. The van der Waals surface area contributed by atoms with Crippen molar-refractivity contribution in [3.8, 4) is 0 Å². The zero-order valence-corrected chi connectivity index (χ0v) is 12.2. The number of hydrogen-bond donors (Lipinski definition) is 2. The first-order valence-electron chi connectivity index (χ1n) is 5.25. The van der Waals surface area contributed by atoms with Gasteiger partial charge in [-0.1, -0.05) is 0 Å². The van der Waals surface area contributed by atoms with Crippen molar-refractivity contribution in [3.63, 3.8) is 0 Å². The summed E-state index contributed by atoms with van der Waals surface area (Å²) in [4.78, 5) is 19.9. The van der Waals surface area contributed by atoms with E-state index in [1.54, 1.807) is 0 Å². The van der Waals surface area contributed by atoms with Gasteiger partial charge in [0.15, 0.2) is 5.82 Å². The molecule has 1 aliphatic rings. The van der Waals surface area contributed by atoms with Gasteiger partial charge in [-0.15, -0.1) is 0 Å². The molecule has 0 aliphatic heterocycles. The third kappa shape index (κ3) is 3.23. The van der Waals surface area contributed by atoms with Crippen molar-refractivity contribution >= 4 is 43.6 Å². The normalized spacial score (nSPS) is 17.4. The van der Waals surface area contributed by atoms with E-state index < -0.39 is 0 Å². The summed E-state index contributed by atoms with van der Waals surface area (Å²) in [5, 5.41) is 2.70. The minimum Gasteiger partial charge on any atom is -0.325 e. The quantitative estimate of drug-likeness (QED) is 0.862. The molecule has 1 heterocycles. The number of halogens is 2. The number of nitrogens with two attached hydrogens (primary N) is 1. The second kappa shape index (κ2) is 4.99. The van der Waals surface area contributed by atoms with Gasteiger partial charge in [0, 0.05) is 12.0 Å². The van der Waals surface area contributed by atoms with E-state index in [9.17, 15) is 4.79 Å². The molecule has 0 unspecified atom stereocenters. The Morgan fingerprint density at radius 3 is 2.76 bits per heavy atom. The molecule has 0 atom stereocenters. The molecule has 1 amide bonds. The molecule has 1 aliphatic carbocycles. The minimum absolute atomic E-state index is 0.121. The average Bonchev–Trinajstić information content (AvgIpc) is 2.20. The first-order chi connectivity index (χ1) is 7.98. The second-order valence-electron chi connectivity index (χ2n) is 4.27. The zero-order chi connectivity index (χ0) is 12.5. The maximum absolute atomic E-state index is 11.8. The van der Waals surface area contributed by atoms with Crippen molar-refractivity contribution in [2.75, 3.05) is 5.32 Å². The molecule has 7 heteroatoms. The van der Waals surface area contributed by atoms with Gasteiger partial charge in [-0.3, -0.25) is 4.79 Å². The topological polar surface area (TPSA) is 80.9 Å². The van der Waals surface area contributed by atoms with Gasteiger partial charge in [-0.05, 0) is 51.1 Å². The summed E-state index contributed by atoms with van der Waals surface area (Å²) in [6.07, 6.45) is 4.78. The van der Waals surface area contributed by atoms with E-state index >= 15 is 0 Å². The molecule has 0 saturated heterocycles. The van der Waals surface area contributed by atoms with E-state index in [0.717, 1.165) is 19.3 Å². The van der Waals surface area contributed by atoms with Crippen LogP contribution in [0.5, 0.6) is 0 Å². The number of amides is 1. The predicted molar refractivity (Wildman–Crippen MR) is 71.4 cm³/mol. The van der Waals surface area contributed by atoms with E-state index in [-0.39, 0.29) is 11.4 Å². The van der Waals surface area contributed by atoms with Crippen LogP contribution in [0.25, 0.3) is 0 Å². The number of carbonyl (C=O) groups is 1. The van der Waals surface area contributed by atoms with Crippen LogP contribution >= 0.6 is 31.9 Å². The monoisotopic (exact) mass is 362 g/mol. The molecular formula is C10H12Br2N4O. The highest BCUT2D eigenvalue weighted by molar-refractivity contribution is 9.11. The van der Waals surface area contributed by atoms with Crippen LogP contribution in [0.15, 0.2) is 15.4 Å². The summed E-state index contributed by atoms with van der Waals surface area (Å²) in [6.45, 7) is 0. The van der Waals surface area contributed by atoms with Gasteiger partial charge in [-0.2, -0.15) is 0 Å². The van der Waals surface area contributed by atoms with Crippen LogP contribution in [0.4, 0.5) is 5.82 Å². The Bertz CT molecular complexity index is 448. The lowest BCUT2D eigenvalue weighted by Gasteiger charge is -2.37. The Kier molecular flexibility index (Phi) is 3.79. The lowest BCUT2D eigenvalue weighted by Crippen LogP contribution is -2.49. The van der Waals surface area contributed by atoms with Gasteiger partial charge in [-0.25, -0.2) is 9.97 Å². The third-order valence-corrected chi connectivity index (χ3v) is 3.76. The summed E-state index contributed by atoms with van der Waals surface area (Å²) >= 11 is 6.43. The molecule has 92 valence electrons. The lowest BCUT2D eigenvalue weighted by molar-refractivity contribution is -0.118. The van der Waals surface area contributed by atoms with Crippen molar-refractivity contribution < 1.29 is 4.79 Å². The molecule has 1 aromatic rings.